The van der Waals surface area contributed by atoms with E-state index in [0.29, 0.717) is 17.6 Å². The van der Waals surface area contributed by atoms with Crippen molar-refractivity contribution in [2.24, 2.45) is 5.92 Å². The van der Waals surface area contributed by atoms with Crippen LogP contribution in [0.3, 0.4) is 0 Å². The fourth-order valence-electron chi connectivity index (χ4n) is 2.71. The summed E-state index contributed by atoms with van der Waals surface area (Å²) in [4.78, 5) is 6.66. The molecule has 0 N–H and O–H groups in total. The third kappa shape index (κ3) is 4.72. The number of hydrogen-bond acceptors (Lipinski definition) is 8. The van der Waals surface area contributed by atoms with Gasteiger partial charge in [-0.1, -0.05) is 37.7 Å². The maximum Gasteiger partial charge on any atom is 0.237 e. The SMILES string of the molecule is CCCc1noc(CSc2nnc(N3CCOCC3)n2CC(C)C)n1. The minimum absolute atomic E-state index is 0.509. The van der Waals surface area contributed by atoms with Crippen molar-refractivity contribution in [3.63, 3.8) is 0 Å². The van der Waals surface area contributed by atoms with Crippen LogP contribution in [0.2, 0.25) is 0 Å². The maximum atomic E-state index is 5.44. The van der Waals surface area contributed by atoms with Crippen LogP contribution in [-0.2, 0) is 23.5 Å². The van der Waals surface area contributed by atoms with Gasteiger partial charge in [-0.25, -0.2) is 0 Å². The molecule has 0 saturated carbocycles. The van der Waals surface area contributed by atoms with E-state index in [0.717, 1.165) is 62.6 Å². The second-order valence-electron chi connectivity index (χ2n) is 6.53. The fourth-order valence-corrected chi connectivity index (χ4v) is 3.49. The molecule has 2 aromatic heterocycles. The highest BCUT2D eigenvalue weighted by Crippen LogP contribution is 2.26. The van der Waals surface area contributed by atoms with Crippen LogP contribution in [0, 0.1) is 5.92 Å². The first-order valence-electron chi connectivity index (χ1n) is 8.87. The van der Waals surface area contributed by atoms with Gasteiger partial charge in [0, 0.05) is 26.1 Å². The van der Waals surface area contributed by atoms with E-state index in [1.807, 2.05) is 0 Å². The van der Waals surface area contributed by atoms with Crippen LogP contribution in [-0.4, -0.2) is 51.2 Å². The lowest BCUT2D eigenvalue weighted by molar-refractivity contribution is 0.121. The molecule has 0 spiro atoms. The van der Waals surface area contributed by atoms with Crippen LogP contribution < -0.4 is 4.90 Å². The van der Waals surface area contributed by atoms with E-state index >= 15 is 0 Å². The number of anilines is 1. The van der Waals surface area contributed by atoms with Crippen LogP contribution >= 0.6 is 11.8 Å². The first-order valence-corrected chi connectivity index (χ1v) is 9.86. The number of thioether (sulfide) groups is 1. The van der Waals surface area contributed by atoms with E-state index in [4.69, 9.17) is 9.26 Å². The van der Waals surface area contributed by atoms with Gasteiger partial charge >= 0.3 is 0 Å². The summed E-state index contributed by atoms with van der Waals surface area (Å²) in [5, 5.41) is 13.7. The number of morpholine rings is 1. The average molecular weight is 366 g/mol. The van der Waals surface area contributed by atoms with E-state index in [1.54, 1.807) is 11.8 Å². The highest BCUT2D eigenvalue weighted by molar-refractivity contribution is 7.98. The number of aryl methyl sites for hydroxylation is 1. The Kier molecular flexibility index (Phi) is 6.30. The molecule has 0 aliphatic carbocycles. The third-order valence-electron chi connectivity index (χ3n) is 3.85. The van der Waals surface area contributed by atoms with E-state index in [9.17, 15) is 0 Å². The zero-order valence-corrected chi connectivity index (χ0v) is 16.0. The molecule has 0 aromatic carbocycles. The molecule has 0 amide bonds. The van der Waals surface area contributed by atoms with Gasteiger partial charge in [0.15, 0.2) is 11.0 Å². The van der Waals surface area contributed by atoms with E-state index in [2.05, 4.69) is 50.6 Å². The van der Waals surface area contributed by atoms with E-state index < -0.39 is 0 Å². The molecule has 3 heterocycles. The first kappa shape index (κ1) is 18.2. The molecule has 0 atom stereocenters. The molecule has 25 heavy (non-hydrogen) atoms. The Balaban J connectivity index is 1.71. The summed E-state index contributed by atoms with van der Waals surface area (Å²) in [6.45, 7) is 10.6. The molecular formula is C16H26N6O2S. The molecule has 1 saturated heterocycles. The van der Waals surface area contributed by atoms with Crippen molar-refractivity contribution >= 4 is 17.7 Å². The summed E-state index contributed by atoms with van der Waals surface area (Å²) in [6, 6.07) is 0. The predicted molar refractivity (Wildman–Crippen MR) is 95.7 cm³/mol. The standard InChI is InChI=1S/C16H26N6O2S/c1-4-5-13-17-14(24-20-13)11-25-16-19-18-15(22(16)10-12(2)3)21-6-8-23-9-7-21/h12H,4-11H2,1-3H3. The van der Waals surface area contributed by atoms with Crippen molar-refractivity contribution in [2.45, 2.75) is 51.1 Å². The quantitative estimate of drug-likeness (QED) is 0.659. The van der Waals surface area contributed by atoms with Crippen LogP contribution in [0.15, 0.2) is 9.68 Å². The van der Waals surface area contributed by atoms with Crippen molar-refractivity contribution < 1.29 is 9.26 Å². The molecule has 2 aromatic rings. The van der Waals surface area contributed by atoms with Gasteiger partial charge in [-0.2, -0.15) is 4.98 Å². The number of hydrogen-bond donors (Lipinski definition) is 0. The lowest BCUT2D eigenvalue weighted by Crippen LogP contribution is -2.38. The minimum atomic E-state index is 0.509. The Hall–Kier alpha value is -1.61. The van der Waals surface area contributed by atoms with Gasteiger partial charge in [0.05, 0.1) is 19.0 Å². The number of rotatable bonds is 8. The predicted octanol–water partition coefficient (Wildman–Crippen LogP) is 2.40. The highest BCUT2D eigenvalue weighted by atomic mass is 32.2. The molecule has 138 valence electrons. The summed E-state index contributed by atoms with van der Waals surface area (Å²) in [7, 11) is 0. The number of aromatic nitrogens is 5. The van der Waals surface area contributed by atoms with Gasteiger partial charge in [0.2, 0.25) is 11.8 Å². The molecule has 1 aliphatic heterocycles. The Morgan fingerprint density at radius 3 is 2.72 bits per heavy atom. The molecule has 0 bridgehead atoms. The number of nitrogens with zero attached hydrogens (tertiary/aromatic N) is 6. The Labute approximate surface area is 152 Å². The monoisotopic (exact) mass is 366 g/mol. The van der Waals surface area contributed by atoms with Crippen LogP contribution in [0.5, 0.6) is 0 Å². The van der Waals surface area contributed by atoms with Gasteiger partial charge in [-0.3, -0.25) is 4.57 Å². The van der Waals surface area contributed by atoms with Crippen molar-refractivity contribution in [2.75, 3.05) is 31.2 Å². The largest absolute Gasteiger partial charge is 0.378 e. The van der Waals surface area contributed by atoms with Crippen LogP contribution in [0.4, 0.5) is 5.95 Å². The minimum Gasteiger partial charge on any atom is -0.378 e. The van der Waals surface area contributed by atoms with Gasteiger partial charge in [0.1, 0.15) is 0 Å². The second kappa shape index (κ2) is 8.66. The second-order valence-corrected chi connectivity index (χ2v) is 7.47. The summed E-state index contributed by atoms with van der Waals surface area (Å²) in [5.74, 6) is 3.46. The third-order valence-corrected chi connectivity index (χ3v) is 4.80. The zero-order valence-electron chi connectivity index (χ0n) is 15.1. The summed E-state index contributed by atoms with van der Waals surface area (Å²) >= 11 is 1.59. The Morgan fingerprint density at radius 2 is 2.00 bits per heavy atom. The van der Waals surface area contributed by atoms with Gasteiger partial charge < -0.3 is 14.2 Å². The highest BCUT2D eigenvalue weighted by Gasteiger charge is 2.21. The van der Waals surface area contributed by atoms with E-state index in [1.165, 1.54) is 0 Å². The van der Waals surface area contributed by atoms with Crippen molar-refractivity contribution in [3.05, 3.63) is 11.7 Å². The smallest absolute Gasteiger partial charge is 0.237 e. The maximum absolute atomic E-state index is 5.44. The Bertz CT molecular complexity index is 665. The number of ether oxygens (including phenoxy) is 1. The molecule has 0 radical (unpaired) electrons. The average Bonchev–Trinajstić information content (AvgIpc) is 3.21. The van der Waals surface area contributed by atoms with Crippen LogP contribution in [0.25, 0.3) is 0 Å². The fraction of sp³-hybridized carbons (Fsp3) is 0.750. The molecule has 1 aliphatic rings. The normalized spacial score (nSPS) is 15.3. The van der Waals surface area contributed by atoms with Gasteiger partial charge in [-0.15, -0.1) is 10.2 Å². The van der Waals surface area contributed by atoms with Crippen LogP contribution in [0.1, 0.15) is 38.9 Å². The molecule has 0 unspecified atom stereocenters. The molecular weight excluding hydrogens is 340 g/mol. The van der Waals surface area contributed by atoms with Crippen molar-refractivity contribution in [3.8, 4) is 0 Å². The van der Waals surface area contributed by atoms with Crippen molar-refractivity contribution in [1.29, 1.82) is 0 Å². The lowest BCUT2D eigenvalue weighted by atomic mass is 10.2. The van der Waals surface area contributed by atoms with E-state index in [-0.39, 0.29) is 0 Å². The summed E-state index contributed by atoms with van der Waals surface area (Å²) in [6.07, 6.45) is 1.86. The molecule has 8 nitrogen and oxygen atoms in total. The lowest BCUT2D eigenvalue weighted by Gasteiger charge is -2.28. The van der Waals surface area contributed by atoms with Gasteiger partial charge in [0.25, 0.3) is 0 Å². The molecule has 3 rings (SSSR count). The summed E-state index contributed by atoms with van der Waals surface area (Å²) < 4.78 is 13.0. The topological polar surface area (TPSA) is 82.1 Å². The first-order chi connectivity index (χ1) is 12.2. The summed E-state index contributed by atoms with van der Waals surface area (Å²) in [5.41, 5.74) is 0. The molecule has 1 fully saturated rings. The van der Waals surface area contributed by atoms with Crippen molar-refractivity contribution in [1.82, 2.24) is 24.9 Å². The zero-order chi connectivity index (χ0) is 17.6. The van der Waals surface area contributed by atoms with Gasteiger partial charge in [-0.05, 0) is 12.3 Å². The Morgan fingerprint density at radius 1 is 1.20 bits per heavy atom. The molecule has 9 heteroatoms.